The van der Waals surface area contributed by atoms with Crippen molar-refractivity contribution < 1.29 is 19.0 Å². The van der Waals surface area contributed by atoms with Crippen LogP contribution in [0.25, 0.3) is 0 Å². The molecule has 2 saturated heterocycles. The molecule has 7 nitrogen and oxygen atoms in total. The third-order valence-corrected chi connectivity index (χ3v) is 8.22. The monoisotopic (exact) mass is 557 g/mol. The number of aryl methyl sites for hydroxylation is 2. The first kappa shape index (κ1) is 28.8. The van der Waals surface area contributed by atoms with Crippen molar-refractivity contribution >= 4 is 11.6 Å². The Balaban J connectivity index is 0.988. The zero-order chi connectivity index (χ0) is 28.6. The normalized spacial score (nSPS) is 16.5. The van der Waals surface area contributed by atoms with Crippen molar-refractivity contribution in [2.75, 3.05) is 57.8 Å². The lowest BCUT2D eigenvalue weighted by Gasteiger charge is -2.37. The van der Waals surface area contributed by atoms with E-state index in [-0.39, 0.29) is 12.0 Å². The van der Waals surface area contributed by atoms with Gasteiger partial charge in [0.25, 0.3) is 0 Å². The van der Waals surface area contributed by atoms with Crippen LogP contribution in [0.5, 0.6) is 17.2 Å². The molecule has 0 bridgehead atoms. The van der Waals surface area contributed by atoms with Crippen LogP contribution in [0.1, 0.15) is 36.0 Å². The smallest absolute Gasteiger partial charge is 0.223 e. The van der Waals surface area contributed by atoms with E-state index in [1.165, 1.54) is 16.8 Å². The Morgan fingerprint density at radius 2 is 1.51 bits per heavy atom. The minimum atomic E-state index is 0.133. The highest BCUT2D eigenvalue weighted by atomic mass is 16.5. The number of piperidine rings is 1. The van der Waals surface area contributed by atoms with Crippen LogP contribution in [0.4, 0.5) is 5.69 Å². The number of carbonyl (C=O) groups is 1. The number of ether oxygens (including phenoxy) is 3. The molecule has 41 heavy (non-hydrogen) atoms. The van der Waals surface area contributed by atoms with Crippen molar-refractivity contribution in [3.05, 3.63) is 83.4 Å². The maximum Gasteiger partial charge on any atom is 0.223 e. The Morgan fingerprint density at radius 1 is 0.829 bits per heavy atom. The van der Waals surface area contributed by atoms with Gasteiger partial charge in [-0.25, -0.2) is 0 Å². The van der Waals surface area contributed by atoms with Gasteiger partial charge in [0, 0.05) is 76.8 Å². The summed E-state index contributed by atoms with van der Waals surface area (Å²) in [5.41, 5.74) is 4.74. The second kappa shape index (κ2) is 13.8. The Labute approximate surface area is 244 Å². The van der Waals surface area contributed by atoms with Gasteiger partial charge < -0.3 is 24.0 Å². The Kier molecular flexibility index (Phi) is 9.67. The van der Waals surface area contributed by atoms with Crippen molar-refractivity contribution in [3.63, 3.8) is 0 Å². The highest BCUT2D eigenvalue weighted by Gasteiger charge is 2.25. The molecule has 2 aliphatic heterocycles. The minimum absolute atomic E-state index is 0.133. The van der Waals surface area contributed by atoms with Crippen molar-refractivity contribution in [2.24, 2.45) is 0 Å². The van der Waals surface area contributed by atoms with Gasteiger partial charge in [-0.2, -0.15) is 0 Å². The quantitative estimate of drug-likeness (QED) is 0.329. The number of benzene rings is 3. The molecule has 2 aliphatic rings. The highest BCUT2D eigenvalue weighted by molar-refractivity contribution is 5.76. The van der Waals surface area contributed by atoms with E-state index in [0.717, 1.165) is 81.5 Å². The minimum Gasteiger partial charge on any atom is -0.496 e. The number of piperazine rings is 1. The summed E-state index contributed by atoms with van der Waals surface area (Å²) >= 11 is 0. The third-order valence-electron chi connectivity index (χ3n) is 8.22. The van der Waals surface area contributed by atoms with Crippen LogP contribution in [-0.2, 0) is 11.4 Å². The Hall–Kier alpha value is -3.71. The Bertz CT molecular complexity index is 1260. The summed E-state index contributed by atoms with van der Waals surface area (Å²) in [7, 11) is 1.68. The van der Waals surface area contributed by atoms with Crippen LogP contribution < -0.4 is 19.1 Å². The molecular formula is C34H43N3O4. The average Bonchev–Trinajstić information content (AvgIpc) is 3.01. The van der Waals surface area contributed by atoms with E-state index >= 15 is 0 Å². The second-order valence-electron chi connectivity index (χ2n) is 11.2. The van der Waals surface area contributed by atoms with Gasteiger partial charge in [-0.1, -0.05) is 35.9 Å². The van der Waals surface area contributed by atoms with Crippen LogP contribution in [0.15, 0.2) is 66.7 Å². The molecule has 218 valence electrons. The first-order valence-electron chi connectivity index (χ1n) is 14.8. The van der Waals surface area contributed by atoms with Crippen LogP contribution in [-0.4, -0.2) is 74.7 Å². The molecule has 7 heteroatoms. The van der Waals surface area contributed by atoms with Crippen LogP contribution in [0.3, 0.4) is 0 Å². The van der Waals surface area contributed by atoms with Gasteiger partial charge in [0.15, 0.2) is 0 Å². The van der Waals surface area contributed by atoms with E-state index in [0.29, 0.717) is 13.0 Å². The highest BCUT2D eigenvalue weighted by Crippen LogP contribution is 2.27. The standard InChI is InChI=1S/C34H43N3O4/c1-26-4-7-28(8-5-26)25-40-30-12-9-29(10-13-30)36-22-20-35(21-23-36)17-16-34(38)37-18-14-31(15-19-37)41-32-11-6-27(2)33(24-32)39-3/h4-13,24,31H,14-23,25H2,1-3H3. The maximum absolute atomic E-state index is 12.9. The van der Waals surface area contributed by atoms with Crippen molar-refractivity contribution in [2.45, 2.75) is 45.8 Å². The molecule has 2 heterocycles. The summed E-state index contributed by atoms with van der Waals surface area (Å²) in [6.45, 7) is 10.9. The fraction of sp³-hybridized carbons (Fsp3) is 0.441. The summed E-state index contributed by atoms with van der Waals surface area (Å²) in [4.78, 5) is 19.8. The molecule has 1 amide bonds. The van der Waals surface area contributed by atoms with E-state index < -0.39 is 0 Å². The number of nitrogens with zero attached hydrogens (tertiary/aromatic N) is 3. The molecule has 5 rings (SSSR count). The van der Waals surface area contributed by atoms with Crippen LogP contribution in [0.2, 0.25) is 0 Å². The van der Waals surface area contributed by atoms with Gasteiger partial charge in [0.05, 0.1) is 7.11 Å². The summed E-state index contributed by atoms with van der Waals surface area (Å²) in [6, 6.07) is 22.8. The van der Waals surface area contributed by atoms with Gasteiger partial charge in [-0.15, -0.1) is 0 Å². The summed E-state index contributed by atoms with van der Waals surface area (Å²) in [5.74, 6) is 2.81. The fourth-order valence-corrected chi connectivity index (χ4v) is 5.53. The molecular weight excluding hydrogens is 514 g/mol. The van der Waals surface area contributed by atoms with Crippen LogP contribution in [0, 0.1) is 13.8 Å². The Morgan fingerprint density at radius 3 is 2.20 bits per heavy atom. The SMILES string of the molecule is COc1cc(OC2CCN(C(=O)CCN3CCN(c4ccc(OCc5ccc(C)cc5)cc4)CC3)CC2)ccc1C. The molecule has 0 unspecified atom stereocenters. The number of anilines is 1. The molecule has 2 fully saturated rings. The third kappa shape index (κ3) is 7.94. The first-order valence-corrected chi connectivity index (χ1v) is 14.8. The molecule has 0 radical (unpaired) electrons. The number of hydrogen-bond acceptors (Lipinski definition) is 6. The lowest BCUT2D eigenvalue weighted by molar-refractivity contribution is -0.133. The number of amides is 1. The van der Waals surface area contributed by atoms with Gasteiger partial charge in [0.1, 0.15) is 30.0 Å². The molecule has 0 atom stereocenters. The number of hydrogen-bond donors (Lipinski definition) is 0. The predicted octanol–water partition coefficient (Wildman–Crippen LogP) is 5.47. The lowest BCUT2D eigenvalue weighted by atomic mass is 10.1. The molecule has 3 aromatic rings. The molecule has 0 spiro atoms. The number of carbonyl (C=O) groups excluding carboxylic acids is 1. The van der Waals surface area contributed by atoms with E-state index in [2.05, 4.69) is 65.3 Å². The molecule has 0 saturated carbocycles. The fourth-order valence-electron chi connectivity index (χ4n) is 5.53. The van der Waals surface area contributed by atoms with Gasteiger partial charge in [0.2, 0.25) is 5.91 Å². The van der Waals surface area contributed by atoms with E-state index in [1.807, 2.05) is 30.0 Å². The van der Waals surface area contributed by atoms with Crippen molar-refractivity contribution in [3.8, 4) is 17.2 Å². The van der Waals surface area contributed by atoms with Crippen molar-refractivity contribution in [1.29, 1.82) is 0 Å². The number of likely N-dealkylation sites (tertiary alicyclic amines) is 1. The zero-order valence-electron chi connectivity index (χ0n) is 24.7. The zero-order valence-corrected chi connectivity index (χ0v) is 24.7. The van der Waals surface area contributed by atoms with E-state index in [4.69, 9.17) is 14.2 Å². The maximum atomic E-state index is 12.9. The number of rotatable bonds is 10. The lowest BCUT2D eigenvalue weighted by Crippen LogP contribution is -2.48. The predicted molar refractivity (Wildman–Crippen MR) is 163 cm³/mol. The summed E-state index contributed by atoms with van der Waals surface area (Å²) in [5, 5.41) is 0. The first-order chi connectivity index (χ1) is 20.0. The second-order valence-corrected chi connectivity index (χ2v) is 11.2. The van der Waals surface area contributed by atoms with E-state index in [1.54, 1.807) is 7.11 Å². The topological polar surface area (TPSA) is 54.5 Å². The summed E-state index contributed by atoms with van der Waals surface area (Å²) < 4.78 is 17.6. The van der Waals surface area contributed by atoms with Gasteiger partial charge in [-0.3, -0.25) is 9.69 Å². The van der Waals surface area contributed by atoms with Crippen molar-refractivity contribution in [1.82, 2.24) is 9.80 Å². The van der Waals surface area contributed by atoms with Crippen LogP contribution >= 0.6 is 0 Å². The van der Waals surface area contributed by atoms with Gasteiger partial charge >= 0.3 is 0 Å². The summed E-state index contributed by atoms with van der Waals surface area (Å²) in [6.07, 6.45) is 2.42. The van der Waals surface area contributed by atoms with E-state index in [9.17, 15) is 4.79 Å². The largest absolute Gasteiger partial charge is 0.496 e. The average molecular weight is 558 g/mol. The molecule has 3 aromatic carbocycles. The molecule has 0 N–H and O–H groups in total. The number of methoxy groups -OCH3 is 1. The molecule has 0 aliphatic carbocycles. The molecule has 0 aromatic heterocycles. The van der Waals surface area contributed by atoms with Gasteiger partial charge in [-0.05, 0) is 55.3 Å².